The van der Waals surface area contributed by atoms with Gasteiger partial charge in [0.25, 0.3) is 11.8 Å². The van der Waals surface area contributed by atoms with Crippen molar-refractivity contribution >= 4 is 11.8 Å². The summed E-state index contributed by atoms with van der Waals surface area (Å²) in [6, 6.07) is 0. The Morgan fingerprint density at radius 1 is 1.13 bits per heavy atom. The van der Waals surface area contributed by atoms with Gasteiger partial charge in [0.05, 0.1) is 13.2 Å². The standard InChI is InChI=1S/C10H15NO4/c1-14-7-8-15-6-2-5-11-9(12)3-4-10(11)13/h3-4H,2,5-8H2,1H3. The average molecular weight is 213 g/mol. The quantitative estimate of drug-likeness (QED) is 0.440. The van der Waals surface area contributed by atoms with Crippen LogP contribution in [0.5, 0.6) is 0 Å². The largest absolute Gasteiger partial charge is 0.382 e. The molecule has 1 aliphatic rings. The highest BCUT2D eigenvalue weighted by molar-refractivity contribution is 6.12. The molecule has 0 N–H and O–H groups in total. The van der Waals surface area contributed by atoms with E-state index in [1.807, 2.05) is 0 Å². The van der Waals surface area contributed by atoms with Gasteiger partial charge in [-0.05, 0) is 6.42 Å². The minimum absolute atomic E-state index is 0.239. The molecule has 0 aromatic carbocycles. The molecule has 1 aliphatic heterocycles. The third-order valence-electron chi connectivity index (χ3n) is 2.00. The van der Waals surface area contributed by atoms with Crippen LogP contribution in [0.2, 0.25) is 0 Å². The molecule has 0 atom stereocenters. The van der Waals surface area contributed by atoms with Crippen LogP contribution in [0.1, 0.15) is 6.42 Å². The third kappa shape index (κ3) is 3.81. The van der Waals surface area contributed by atoms with Gasteiger partial charge in [0.1, 0.15) is 0 Å². The lowest BCUT2D eigenvalue weighted by Crippen LogP contribution is -2.31. The maximum atomic E-state index is 11.1. The van der Waals surface area contributed by atoms with E-state index >= 15 is 0 Å². The first-order valence-corrected chi connectivity index (χ1v) is 4.86. The summed E-state index contributed by atoms with van der Waals surface area (Å²) in [6.45, 7) is 2.04. The van der Waals surface area contributed by atoms with Crippen molar-refractivity contribution in [1.82, 2.24) is 4.90 Å². The fraction of sp³-hybridized carbons (Fsp3) is 0.600. The minimum atomic E-state index is -0.239. The molecule has 5 heteroatoms. The summed E-state index contributed by atoms with van der Waals surface area (Å²) in [5.74, 6) is -0.478. The summed E-state index contributed by atoms with van der Waals surface area (Å²) in [7, 11) is 1.61. The van der Waals surface area contributed by atoms with Crippen molar-refractivity contribution in [3.63, 3.8) is 0 Å². The van der Waals surface area contributed by atoms with Crippen molar-refractivity contribution in [1.29, 1.82) is 0 Å². The number of methoxy groups -OCH3 is 1. The molecule has 2 amide bonds. The van der Waals surface area contributed by atoms with E-state index in [0.717, 1.165) is 0 Å². The number of ether oxygens (including phenoxy) is 2. The van der Waals surface area contributed by atoms with Gasteiger partial charge >= 0.3 is 0 Å². The number of amides is 2. The second-order valence-corrected chi connectivity index (χ2v) is 3.12. The Labute approximate surface area is 88.6 Å². The van der Waals surface area contributed by atoms with E-state index in [1.54, 1.807) is 7.11 Å². The van der Waals surface area contributed by atoms with Gasteiger partial charge in [0, 0.05) is 32.4 Å². The van der Waals surface area contributed by atoms with Gasteiger partial charge in [-0.2, -0.15) is 0 Å². The highest BCUT2D eigenvalue weighted by Crippen LogP contribution is 2.03. The SMILES string of the molecule is COCCOCCCN1C(=O)C=CC1=O. The second-order valence-electron chi connectivity index (χ2n) is 3.12. The van der Waals surface area contributed by atoms with E-state index in [9.17, 15) is 9.59 Å². The molecule has 0 spiro atoms. The first kappa shape index (κ1) is 11.9. The lowest BCUT2D eigenvalue weighted by atomic mass is 10.4. The van der Waals surface area contributed by atoms with Crippen LogP contribution in [-0.4, -0.2) is 50.2 Å². The van der Waals surface area contributed by atoms with Crippen molar-refractivity contribution < 1.29 is 19.1 Å². The Kier molecular flexibility index (Phi) is 5.00. The average Bonchev–Trinajstić information content (AvgIpc) is 2.54. The first-order valence-electron chi connectivity index (χ1n) is 4.86. The summed E-state index contributed by atoms with van der Waals surface area (Å²) in [5.41, 5.74) is 0. The summed E-state index contributed by atoms with van der Waals surface area (Å²) in [6.07, 6.45) is 3.23. The van der Waals surface area contributed by atoms with Crippen LogP contribution in [-0.2, 0) is 19.1 Å². The normalized spacial score (nSPS) is 15.4. The summed E-state index contributed by atoms with van der Waals surface area (Å²) in [5, 5.41) is 0. The van der Waals surface area contributed by atoms with Gasteiger partial charge in [-0.1, -0.05) is 0 Å². The van der Waals surface area contributed by atoms with Crippen molar-refractivity contribution in [3.8, 4) is 0 Å². The molecule has 0 aromatic rings. The number of imide groups is 1. The highest BCUT2D eigenvalue weighted by atomic mass is 16.5. The summed E-state index contributed by atoms with van der Waals surface area (Å²) >= 11 is 0. The molecule has 84 valence electrons. The lowest BCUT2D eigenvalue weighted by Gasteiger charge is -2.13. The third-order valence-corrected chi connectivity index (χ3v) is 2.00. The van der Waals surface area contributed by atoms with E-state index in [4.69, 9.17) is 9.47 Å². The molecular formula is C10H15NO4. The fourth-order valence-corrected chi connectivity index (χ4v) is 1.22. The fourth-order valence-electron chi connectivity index (χ4n) is 1.22. The van der Waals surface area contributed by atoms with Crippen molar-refractivity contribution in [2.45, 2.75) is 6.42 Å². The molecule has 1 rings (SSSR count). The maximum Gasteiger partial charge on any atom is 0.253 e. The van der Waals surface area contributed by atoms with Gasteiger partial charge in [-0.3, -0.25) is 14.5 Å². The molecule has 0 bridgehead atoms. The van der Waals surface area contributed by atoms with Crippen LogP contribution in [0.15, 0.2) is 12.2 Å². The van der Waals surface area contributed by atoms with Gasteiger partial charge < -0.3 is 9.47 Å². The topological polar surface area (TPSA) is 55.8 Å². The van der Waals surface area contributed by atoms with Gasteiger partial charge in [-0.15, -0.1) is 0 Å². The van der Waals surface area contributed by atoms with Crippen LogP contribution < -0.4 is 0 Å². The van der Waals surface area contributed by atoms with E-state index in [-0.39, 0.29) is 11.8 Å². The van der Waals surface area contributed by atoms with Crippen molar-refractivity contribution in [2.24, 2.45) is 0 Å². The number of hydrogen-bond donors (Lipinski definition) is 0. The van der Waals surface area contributed by atoms with Crippen molar-refractivity contribution in [3.05, 3.63) is 12.2 Å². The Morgan fingerprint density at radius 3 is 2.40 bits per heavy atom. The van der Waals surface area contributed by atoms with E-state index in [2.05, 4.69) is 0 Å². The highest BCUT2D eigenvalue weighted by Gasteiger charge is 2.22. The summed E-state index contributed by atoms with van der Waals surface area (Å²) in [4.78, 5) is 23.4. The molecule has 1 heterocycles. The zero-order valence-electron chi connectivity index (χ0n) is 8.77. The second kappa shape index (κ2) is 6.31. The minimum Gasteiger partial charge on any atom is -0.382 e. The smallest absolute Gasteiger partial charge is 0.253 e. The Hall–Kier alpha value is -1.20. The monoisotopic (exact) mass is 213 g/mol. The summed E-state index contributed by atoms with van der Waals surface area (Å²) < 4.78 is 10.0. The van der Waals surface area contributed by atoms with Crippen LogP contribution in [0.25, 0.3) is 0 Å². The molecule has 5 nitrogen and oxygen atoms in total. The molecule has 0 unspecified atom stereocenters. The lowest BCUT2D eigenvalue weighted by molar-refractivity contribution is -0.136. The van der Waals surface area contributed by atoms with Crippen molar-refractivity contribution in [2.75, 3.05) is 33.5 Å². The zero-order valence-corrected chi connectivity index (χ0v) is 8.77. The number of hydrogen-bond acceptors (Lipinski definition) is 4. The predicted octanol–water partition coefficient (Wildman–Crippen LogP) is -0.0355. The molecular weight excluding hydrogens is 198 g/mol. The Balaban J connectivity index is 2.05. The maximum absolute atomic E-state index is 11.1. The van der Waals surface area contributed by atoms with Gasteiger partial charge in [-0.25, -0.2) is 0 Å². The van der Waals surface area contributed by atoms with Crippen LogP contribution in [0.4, 0.5) is 0 Å². The molecule has 0 saturated heterocycles. The number of carbonyl (C=O) groups excluding carboxylic acids is 2. The molecule has 0 aliphatic carbocycles. The van der Waals surface area contributed by atoms with Gasteiger partial charge in [0.15, 0.2) is 0 Å². The number of rotatable bonds is 7. The van der Waals surface area contributed by atoms with Gasteiger partial charge in [0.2, 0.25) is 0 Å². The van der Waals surface area contributed by atoms with E-state index in [0.29, 0.717) is 32.8 Å². The predicted molar refractivity (Wildman–Crippen MR) is 53.2 cm³/mol. The van der Waals surface area contributed by atoms with Crippen LogP contribution in [0, 0.1) is 0 Å². The van der Waals surface area contributed by atoms with E-state index < -0.39 is 0 Å². The zero-order chi connectivity index (χ0) is 11.1. The van der Waals surface area contributed by atoms with Crippen LogP contribution >= 0.6 is 0 Å². The van der Waals surface area contributed by atoms with Crippen LogP contribution in [0.3, 0.4) is 0 Å². The Bertz CT molecular complexity index is 244. The molecule has 15 heavy (non-hydrogen) atoms. The van der Waals surface area contributed by atoms with E-state index in [1.165, 1.54) is 17.1 Å². The molecule has 0 radical (unpaired) electrons. The number of nitrogens with zero attached hydrogens (tertiary/aromatic N) is 1. The Morgan fingerprint density at radius 2 is 1.80 bits per heavy atom. The molecule has 0 fully saturated rings. The molecule has 0 saturated carbocycles. The number of carbonyl (C=O) groups is 2. The molecule has 0 aromatic heterocycles. The first-order chi connectivity index (χ1) is 7.25.